The molecule has 2 aliphatic rings. The van der Waals surface area contributed by atoms with Crippen molar-refractivity contribution in [1.82, 2.24) is 5.32 Å². The molecule has 150 valence electrons. The van der Waals surface area contributed by atoms with Gasteiger partial charge in [-0.3, -0.25) is 19.8 Å². The Balaban J connectivity index is 1.64. The molecule has 2 saturated heterocycles. The maximum absolute atomic E-state index is 13.1. The first-order valence-corrected chi connectivity index (χ1v) is 10.7. The van der Waals surface area contributed by atoms with Crippen molar-refractivity contribution in [3.05, 3.63) is 51.7 Å². The Morgan fingerprint density at radius 3 is 2.62 bits per heavy atom. The van der Waals surface area contributed by atoms with E-state index in [0.29, 0.717) is 11.4 Å². The molecule has 0 spiro atoms. The molecule has 2 amide bonds. The van der Waals surface area contributed by atoms with E-state index in [4.69, 9.17) is 16.6 Å². The first-order valence-electron chi connectivity index (χ1n) is 9.46. The van der Waals surface area contributed by atoms with Crippen LogP contribution < -0.4 is 15.1 Å². The van der Waals surface area contributed by atoms with Gasteiger partial charge < -0.3 is 9.32 Å². The van der Waals surface area contributed by atoms with Crippen LogP contribution in [0.25, 0.3) is 6.08 Å². The molecular formula is C21H20BrN3O3S. The van der Waals surface area contributed by atoms with Crippen LogP contribution in [0.3, 0.4) is 0 Å². The Kier molecular flexibility index (Phi) is 5.56. The summed E-state index contributed by atoms with van der Waals surface area (Å²) in [7, 11) is 0. The highest BCUT2D eigenvalue weighted by Crippen LogP contribution is 2.29. The van der Waals surface area contributed by atoms with E-state index in [1.165, 1.54) is 17.4 Å². The van der Waals surface area contributed by atoms with Crippen molar-refractivity contribution < 1.29 is 14.0 Å². The molecule has 29 heavy (non-hydrogen) atoms. The van der Waals surface area contributed by atoms with E-state index in [0.717, 1.165) is 41.9 Å². The second-order valence-corrected chi connectivity index (χ2v) is 8.41. The quantitative estimate of drug-likeness (QED) is 0.411. The second-order valence-electron chi connectivity index (χ2n) is 7.11. The van der Waals surface area contributed by atoms with Crippen molar-refractivity contribution >= 4 is 62.7 Å². The lowest BCUT2D eigenvalue weighted by Gasteiger charge is -2.30. The number of furan rings is 1. The predicted molar refractivity (Wildman–Crippen MR) is 120 cm³/mol. The largest absolute Gasteiger partial charge is 0.441 e. The number of carbonyl (C=O) groups excluding carboxylic acids is 2. The van der Waals surface area contributed by atoms with Crippen molar-refractivity contribution in [2.24, 2.45) is 0 Å². The number of benzene rings is 1. The van der Waals surface area contributed by atoms with Crippen LogP contribution in [0.1, 0.15) is 30.6 Å². The molecule has 8 heteroatoms. The third-order valence-electron chi connectivity index (χ3n) is 5.07. The van der Waals surface area contributed by atoms with Gasteiger partial charge in [0, 0.05) is 23.6 Å². The van der Waals surface area contributed by atoms with E-state index < -0.39 is 11.8 Å². The third-order valence-corrected chi connectivity index (χ3v) is 5.85. The molecule has 1 aromatic carbocycles. The highest BCUT2D eigenvalue weighted by atomic mass is 79.9. The topological polar surface area (TPSA) is 65.8 Å². The Morgan fingerprint density at radius 1 is 1.14 bits per heavy atom. The Hall–Kier alpha value is -2.45. The van der Waals surface area contributed by atoms with Crippen LogP contribution in [0.4, 0.5) is 11.6 Å². The van der Waals surface area contributed by atoms with Gasteiger partial charge in [-0.05, 0) is 74.3 Å². The minimum absolute atomic E-state index is 0.0135. The molecule has 2 fully saturated rings. The summed E-state index contributed by atoms with van der Waals surface area (Å²) in [5, 5.41) is 2.67. The molecule has 1 N–H and O–H groups in total. The van der Waals surface area contributed by atoms with Crippen LogP contribution >= 0.6 is 28.1 Å². The standard InChI is InChI=1S/C21H20BrN3O3S/c1-13-11-14(22)5-7-17(13)25-20(27)16(19(26)23-21(25)29)12-15-6-8-18(28-15)24-9-3-2-4-10-24/h5-8,11-12H,2-4,9-10H2,1H3,(H,23,26,29)/b16-12-. The van der Waals surface area contributed by atoms with Crippen LogP contribution in [0, 0.1) is 6.92 Å². The number of carbonyl (C=O) groups is 2. The molecule has 0 saturated carbocycles. The fraction of sp³-hybridized carbons (Fsp3) is 0.286. The number of anilines is 2. The fourth-order valence-electron chi connectivity index (χ4n) is 3.59. The van der Waals surface area contributed by atoms with Gasteiger partial charge in [-0.15, -0.1) is 0 Å². The highest BCUT2D eigenvalue weighted by Gasteiger charge is 2.35. The number of halogens is 1. The summed E-state index contributed by atoms with van der Waals surface area (Å²) < 4.78 is 6.79. The van der Waals surface area contributed by atoms with Crippen molar-refractivity contribution in [3.8, 4) is 0 Å². The number of aryl methyl sites for hydroxylation is 1. The van der Waals surface area contributed by atoms with Gasteiger partial charge in [0.25, 0.3) is 11.8 Å². The molecule has 3 heterocycles. The average molecular weight is 474 g/mol. The van der Waals surface area contributed by atoms with Crippen molar-refractivity contribution in [1.29, 1.82) is 0 Å². The van der Waals surface area contributed by atoms with E-state index in [-0.39, 0.29) is 10.7 Å². The lowest BCUT2D eigenvalue weighted by molar-refractivity contribution is -0.122. The van der Waals surface area contributed by atoms with Crippen LogP contribution in [0.15, 0.2) is 44.8 Å². The number of nitrogens with zero attached hydrogens (tertiary/aromatic N) is 2. The molecule has 0 bridgehead atoms. The molecule has 0 radical (unpaired) electrons. The average Bonchev–Trinajstić information content (AvgIpc) is 3.16. The maximum Gasteiger partial charge on any atom is 0.270 e. The van der Waals surface area contributed by atoms with E-state index >= 15 is 0 Å². The summed E-state index contributed by atoms with van der Waals surface area (Å²) in [5.74, 6) is 0.225. The van der Waals surface area contributed by atoms with Crippen LogP contribution in [-0.2, 0) is 9.59 Å². The molecule has 0 atom stereocenters. The van der Waals surface area contributed by atoms with E-state index in [2.05, 4.69) is 26.1 Å². The minimum atomic E-state index is -0.526. The first-order chi connectivity index (χ1) is 13.9. The number of nitrogens with one attached hydrogen (secondary N) is 1. The van der Waals surface area contributed by atoms with Gasteiger partial charge in [0.1, 0.15) is 11.3 Å². The van der Waals surface area contributed by atoms with E-state index in [1.807, 2.05) is 25.1 Å². The summed E-state index contributed by atoms with van der Waals surface area (Å²) in [6, 6.07) is 9.17. The Labute approximate surface area is 182 Å². The van der Waals surface area contributed by atoms with E-state index in [9.17, 15) is 9.59 Å². The van der Waals surface area contributed by atoms with Crippen LogP contribution in [-0.4, -0.2) is 30.0 Å². The maximum atomic E-state index is 13.1. The summed E-state index contributed by atoms with van der Waals surface area (Å²) in [6.07, 6.45) is 4.98. The molecule has 1 aromatic heterocycles. The molecule has 2 aliphatic heterocycles. The van der Waals surface area contributed by atoms with Crippen LogP contribution in [0.2, 0.25) is 0 Å². The van der Waals surface area contributed by atoms with Crippen LogP contribution in [0.5, 0.6) is 0 Å². The molecule has 6 nitrogen and oxygen atoms in total. The van der Waals surface area contributed by atoms with Gasteiger partial charge in [0.15, 0.2) is 11.0 Å². The van der Waals surface area contributed by atoms with Crippen molar-refractivity contribution in [3.63, 3.8) is 0 Å². The normalized spacial score (nSPS) is 19.1. The number of amides is 2. The van der Waals surface area contributed by atoms with E-state index in [1.54, 1.807) is 12.1 Å². The first kappa shape index (κ1) is 19.8. The van der Waals surface area contributed by atoms with Crippen molar-refractivity contribution in [2.45, 2.75) is 26.2 Å². The predicted octanol–water partition coefficient (Wildman–Crippen LogP) is 4.17. The van der Waals surface area contributed by atoms with Gasteiger partial charge in [-0.1, -0.05) is 15.9 Å². The van der Waals surface area contributed by atoms with Gasteiger partial charge in [0.2, 0.25) is 0 Å². The Bertz CT molecular complexity index is 1020. The summed E-state index contributed by atoms with van der Waals surface area (Å²) in [4.78, 5) is 29.1. The van der Waals surface area contributed by atoms with Gasteiger partial charge in [-0.2, -0.15) is 0 Å². The Morgan fingerprint density at radius 2 is 1.90 bits per heavy atom. The smallest absolute Gasteiger partial charge is 0.270 e. The number of hydrogen-bond acceptors (Lipinski definition) is 5. The zero-order chi connectivity index (χ0) is 20.5. The highest BCUT2D eigenvalue weighted by molar-refractivity contribution is 9.10. The molecule has 0 aliphatic carbocycles. The number of piperidine rings is 1. The third kappa shape index (κ3) is 4.00. The second kappa shape index (κ2) is 8.12. The SMILES string of the molecule is Cc1cc(Br)ccc1N1C(=O)/C(=C\c2ccc(N3CCCCC3)o2)C(=O)NC1=S. The number of rotatable bonds is 3. The lowest BCUT2D eigenvalue weighted by Crippen LogP contribution is -2.54. The zero-order valence-electron chi connectivity index (χ0n) is 15.9. The molecule has 0 unspecified atom stereocenters. The van der Waals surface area contributed by atoms with Gasteiger partial charge >= 0.3 is 0 Å². The van der Waals surface area contributed by atoms with Gasteiger partial charge in [0.05, 0.1) is 5.69 Å². The monoisotopic (exact) mass is 473 g/mol. The molecular weight excluding hydrogens is 454 g/mol. The summed E-state index contributed by atoms with van der Waals surface area (Å²) in [5.41, 5.74) is 1.47. The van der Waals surface area contributed by atoms with Gasteiger partial charge in [-0.25, -0.2) is 0 Å². The molecule has 2 aromatic rings. The molecule has 4 rings (SSSR count). The summed E-state index contributed by atoms with van der Waals surface area (Å²) >= 11 is 8.68. The number of thiocarbonyl (C=S) groups is 1. The van der Waals surface area contributed by atoms with Crippen molar-refractivity contribution in [2.75, 3.05) is 22.9 Å². The summed E-state index contributed by atoms with van der Waals surface area (Å²) in [6.45, 7) is 3.79. The zero-order valence-corrected chi connectivity index (χ0v) is 18.3. The fourth-order valence-corrected chi connectivity index (χ4v) is 4.34. The number of hydrogen-bond donors (Lipinski definition) is 1. The lowest BCUT2D eigenvalue weighted by atomic mass is 10.1. The minimum Gasteiger partial charge on any atom is -0.441 e.